The molecule has 0 saturated carbocycles. The fraction of sp³-hybridized carbons (Fsp3) is 0. The summed E-state index contributed by atoms with van der Waals surface area (Å²) in [5.74, 6) is 0. The van der Waals surface area contributed by atoms with Crippen molar-refractivity contribution in [3.63, 3.8) is 0 Å². The zero-order valence-corrected chi connectivity index (χ0v) is 9.51. The SMILES string of the molecule is [Br-].[Na+].[Na+].[O-]Cl. The van der Waals surface area contributed by atoms with Gasteiger partial charge in [0.1, 0.15) is 0 Å². The second kappa shape index (κ2) is 29.6. The molecule has 0 aliphatic heterocycles. The Labute approximate surface area is 91.0 Å². The van der Waals surface area contributed by atoms with Crippen molar-refractivity contribution in [3.8, 4) is 0 Å². The molecule has 22 valence electrons. The molecule has 0 aliphatic carbocycles. The van der Waals surface area contributed by atoms with Gasteiger partial charge in [-0.25, -0.2) is 11.9 Å². The quantitative estimate of drug-likeness (QED) is 0.337. The molecule has 5 heavy (non-hydrogen) atoms. The number of rotatable bonds is 0. The first-order valence-corrected chi connectivity index (χ1v) is 0.463. The molecule has 1 nitrogen and oxygen atoms in total. The third-order valence-electron chi connectivity index (χ3n) is 0. The van der Waals surface area contributed by atoms with E-state index in [0.717, 1.165) is 0 Å². The maximum Gasteiger partial charge on any atom is 1.00 e. The van der Waals surface area contributed by atoms with E-state index in [4.69, 9.17) is 4.66 Å². The van der Waals surface area contributed by atoms with Crippen LogP contribution in [0.1, 0.15) is 0 Å². The Morgan fingerprint density at radius 1 is 1.00 bits per heavy atom. The van der Waals surface area contributed by atoms with Gasteiger partial charge in [0, 0.05) is 0 Å². The molecule has 0 saturated heterocycles. The van der Waals surface area contributed by atoms with Gasteiger partial charge in [0.25, 0.3) is 0 Å². The van der Waals surface area contributed by atoms with Crippen molar-refractivity contribution >= 4 is 11.9 Å². The first kappa shape index (κ1) is 25.2. The Bertz CT molecular complexity index is 9.61. The van der Waals surface area contributed by atoms with E-state index in [0.29, 0.717) is 0 Å². The molecular formula is BrClNa2O. The van der Waals surface area contributed by atoms with Gasteiger partial charge in [-0.2, -0.15) is 0 Å². The van der Waals surface area contributed by atoms with E-state index in [-0.39, 0.29) is 76.1 Å². The molecule has 0 fully saturated rings. The van der Waals surface area contributed by atoms with Crippen LogP contribution in [-0.2, 0) is 0 Å². The maximum absolute atomic E-state index is 7.72. The van der Waals surface area contributed by atoms with Gasteiger partial charge in [0.2, 0.25) is 0 Å². The standard InChI is InChI=1S/BrH.ClO.2Na/c;1-2;;/h1H;;;/q;-1;2*+1/p-1. The molecular weight excluding hydrogens is 177 g/mol. The molecule has 0 amide bonds. The smallest absolute Gasteiger partial charge is 1.00 e. The predicted octanol–water partition coefficient (Wildman–Crippen LogP) is -9.49. The topological polar surface area (TPSA) is 23.1 Å². The molecule has 0 aromatic rings. The van der Waals surface area contributed by atoms with Crippen LogP contribution in [0.2, 0.25) is 0 Å². The average molecular weight is 177 g/mol. The predicted molar refractivity (Wildman–Crippen MR) is 5.85 cm³/mol. The van der Waals surface area contributed by atoms with Crippen molar-refractivity contribution < 1.29 is 80.8 Å². The van der Waals surface area contributed by atoms with E-state index >= 15 is 0 Å². The van der Waals surface area contributed by atoms with Gasteiger partial charge < -0.3 is 21.6 Å². The molecule has 0 atom stereocenters. The summed E-state index contributed by atoms with van der Waals surface area (Å²) < 4.78 is 7.72. The molecule has 0 heterocycles. The Hall–Kier alpha value is 2.73. The van der Waals surface area contributed by atoms with E-state index in [9.17, 15) is 0 Å². The van der Waals surface area contributed by atoms with Gasteiger partial charge in [0.05, 0.1) is 0 Å². The molecule has 0 spiro atoms. The number of halogens is 2. The van der Waals surface area contributed by atoms with Crippen LogP contribution in [-0.4, -0.2) is 0 Å². The summed E-state index contributed by atoms with van der Waals surface area (Å²) in [5.41, 5.74) is 0. The van der Waals surface area contributed by atoms with Crippen LogP contribution in [0, 0.1) is 0 Å². The van der Waals surface area contributed by atoms with Crippen LogP contribution < -0.4 is 80.8 Å². The summed E-state index contributed by atoms with van der Waals surface area (Å²) >= 11 is 3.39. The van der Waals surface area contributed by atoms with Crippen molar-refractivity contribution in [2.24, 2.45) is 0 Å². The maximum atomic E-state index is 7.72. The van der Waals surface area contributed by atoms with Gasteiger partial charge >= 0.3 is 59.1 Å². The van der Waals surface area contributed by atoms with Crippen LogP contribution in [0.15, 0.2) is 0 Å². The zero-order chi connectivity index (χ0) is 2.00. The summed E-state index contributed by atoms with van der Waals surface area (Å²) in [4.78, 5) is 0. The summed E-state index contributed by atoms with van der Waals surface area (Å²) in [7, 11) is 0. The number of hydrogen-bond acceptors (Lipinski definition) is 1. The third-order valence-corrected chi connectivity index (χ3v) is 0. The van der Waals surface area contributed by atoms with Gasteiger partial charge in [0.15, 0.2) is 0 Å². The van der Waals surface area contributed by atoms with Crippen LogP contribution in [0.25, 0.3) is 0 Å². The molecule has 5 heteroatoms. The molecule has 0 aromatic heterocycles. The van der Waals surface area contributed by atoms with Gasteiger partial charge in [-0.05, 0) is 0 Å². The molecule has 0 aromatic carbocycles. The Morgan fingerprint density at radius 3 is 1.00 bits per heavy atom. The summed E-state index contributed by atoms with van der Waals surface area (Å²) in [6, 6.07) is 0. The minimum absolute atomic E-state index is 0. The molecule has 0 unspecified atom stereocenters. The van der Waals surface area contributed by atoms with E-state index in [2.05, 4.69) is 11.9 Å². The third kappa shape index (κ3) is 20.2. The Balaban J connectivity index is -0.00000000167. The number of hydrogen-bond donors (Lipinski definition) is 0. The van der Waals surface area contributed by atoms with E-state index in [1.807, 2.05) is 0 Å². The molecule has 0 N–H and O–H groups in total. The van der Waals surface area contributed by atoms with Crippen molar-refractivity contribution in [1.29, 1.82) is 0 Å². The molecule has 0 rings (SSSR count). The largest absolute Gasteiger partial charge is 1.00 e. The first-order valence-electron chi connectivity index (χ1n) is 0.154. The zero-order valence-electron chi connectivity index (χ0n) is 3.16. The molecule has 0 bridgehead atoms. The van der Waals surface area contributed by atoms with Crippen molar-refractivity contribution in [1.82, 2.24) is 0 Å². The molecule has 0 aliphatic rings. The van der Waals surface area contributed by atoms with Gasteiger partial charge in [-0.3, -0.25) is 0 Å². The minimum Gasteiger partial charge on any atom is -1.00 e. The first-order chi connectivity index (χ1) is 1.00. The average Bonchev–Trinajstić information content (AvgIpc) is 1.00. The van der Waals surface area contributed by atoms with Gasteiger partial charge in [-0.15, -0.1) is 0 Å². The summed E-state index contributed by atoms with van der Waals surface area (Å²) in [6.45, 7) is 0. The van der Waals surface area contributed by atoms with E-state index in [1.54, 1.807) is 0 Å². The van der Waals surface area contributed by atoms with Gasteiger partial charge in [-0.1, -0.05) is 0 Å². The Morgan fingerprint density at radius 2 is 1.00 bits per heavy atom. The van der Waals surface area contributed by atoms with Crippen LogP contribution in [0.5, 0.6) is 0 Å². The summed E-state index contributed by atoms with van der Waals surface area (Å²) in [5, 5.41) is 0. The van der Waals surface area contributed by atoms with Crippen molar-refractivity contribution in [3.05, 3.63) is 0 Å². The summed E-state index contributed by atoms with van der Waals surface area (Å²) in [6.07, 6.45) is 0. The van der Waals surface area contributed by atoms with Crippen molar-refractivity contribution in [2.45, 2.75) is 0 Å². The second-order valence-corrected chi connectivity index (χ2v) is 0. The fourth-order valence-electron chi connectivity index (χ4n) is 0. The normalized spacial score (nSPS) is 1.20. The van der Waals surface area contributed by atoms with Crippen LogP contribution >= 0.6 is 11.9 Å². The van der Waals surface area contributed by atoms with Crippen LogP contribution in [0.3, 0.4) is 0 Å². The van der Waals surface area contributed by atoms with Crippen molar-refractivity contribution in [2.75, 3.05) is 0 Å². The fourth-order valence-corrected chi connectivity index (χ4v) is 0. The Kier molecular flexibility index (Phi) is 149. The second-order valence-electron chi connectivity index (χ2n) is 0. The van der Waals surface area contributed by atoms with E-state index < -0.39 is 0 Å². The molecule has 0 radical (unpaired) electrons. The van der Waals surface area contributed by atoms with Crippen LogP contribution in [0.4, 0.5) is 0 Å². The minimum atomic E-state index is 0. The monoisotopic (exact) mass is 176 g/mol. The van der Waals surface area contributed by atoms with E-state index in [1.165, 1.54) is 0 Å².